The van der Waals surface area contributed by atoms with Crippen LogP contribution >= 0.6 is 23.2 Å². The Morgan fingerprint density at radius 3 is 2.09 bits per heavy atom. The van der Waals surface area contributed by atoms with Gasteiger partial charge >= 0.3 is 0 Å². The average Bonchev–Trinajstić information content (AvgIpc) is 2.78. The van der Waals surface area contributed by atoms with Crippen LogP contribution in [0.1, 0.15) is 38.8 Å². The number of nitrogens with zero attached hydrogens (tertiary/aromatic N) is 1. The summed E-state index contributed by atoms with van der Waals surface area (Å²) in [7, 11) is 5.95. The van der Waals surface area contributed by atoms with Crippen LogP contribution in [0.3, 0.4) is 0 Å². The topological polar surface area (TPSA) is 74.3 Å². The number of halogens is 2. The molecular weight excluding hydrogens is 457 g/mol. The number of carbonyl (C=O) groups excluding carboxylic acids is 2. The van der Waals surface area contributed by atoms with Gasteiger partial charge in [-0.3, -0.25) is 9.59 Å². The van der Waals surface area contributed by atoms with Crippen molar-refractivity contribution in [2.45, 2.75) is 13.3 Å². The van der Waals surface area contributed by atoms with E-state index in [1.165, 1.54) is 40.3 Å². The number of hydrogen-bond donors (Lipinski definition) is 0. The fraction of sp³-hybridized carbons (Fsp3) is 0.304. The van der Waals surface area contributed by atoms with E-state index >= 15 is 0 Å². The molecule has 0 saturated carbocycles. The molecule has 0 radical (unpaired) electrons. The Labute approximate surface area is 196 Å². The third-order valence-corrected chi connectivity index (χ3v) is 5.66. The Kier molecular flexibility index (Phi) is 7.21. The van der Waals surface area contributed by atoms with Gasteiger partial charge in [-0.05, 0) is 43.2 Å². The molecule has 170 valence electrons. The molecule has 3 rings (SSSR count). The summed E-state index contributed by atoms with van der Waals surface area (Å²) < 4.78 is 21.5. The highest BCUT2D eigenvalue weighted by molar-refractivity contribution is 6.58. The van der Waals surface area contributed by atoms with Gasteiger partial charge in [0.15, 0.2) is 28.8 Å². The van der Waals surface area contributed by atoms with Gasteiger partial charge in [0.25, 0.3) is 5.91 Å². The maximum Gasteiger partial charge on any atom is 0.258 e. The van der Waals surface area contributed by atoms with Crippen molar-refractivity contribution >= 4 is 40.6 Å². The molecule has 0 unspecified atom stereocenters. The first-order valence-corrected chi connectivity index (χ1v) is 10.4. The lowest BCUT2D eigenvalue weighted by molar-refractivity contribution is 0.0820. The van der Waals surface area contributed by atoms with Crippen LogP contribution in [0.2, 0.25) is 0 Å². The van der Waals surface area contributed by atoms with Crippen molar-refractivity contribution in [1.29, 1.82) is 0 Å². The van der Waals surface area contributed by atoms with Crippen LogP contribution in [0.15, 0.2) is 28.8 Å². The largest absolute Gasteiger partial charge is 0.493 e. The standard InChI is InChI=1S/C23H23Cl2NO6/c1-12(27)14-6-7-16(29-2)21(32-5)19(14)20(22(24)25)26-9-8-13-10-17(30-3)18(31-4)11-15(13)23(26)28/h6-7,10-11H,8-9H2,1-5H3. The second kappa shape index (κ2) is 9.71. The van der Waals surface area contributed by atoms with Gasteiger partial charge in [0.1, 0.15) is 4.49 Å². The summed E-state index contributed by atoms with van der Waals surface area (Å²) in [5, 5.41) is 0. The number of rotatable bonds is 7. The first-order valence-electron chi connectivity index (χ1n) is 9.67. The summed E-state index contributed by atoms with van der Waals surface area (Å²) in [5.74, 6) is 0.986. The highest BCUT2D eigenvalue weighted by atomic mass is 35.5. The van der Waals surface area contributed by atoms with Crippen LogP contribution in [-0.4, -0.2) is 51.6 Å². The molecule has 0 bridgehead atoms. The molecule has 1 aliphatic rings. The Bertz CT molecular complexity index is 1110. The fourth-order valence-electron chi connectivity index (χ4n) is 3.81. The molecule has 0 atom stereocenters. The minimum atomic E-state index is -0.347. The summed E-state index contributed by atoms with van der Waals surface area (Å²) in [4.78, 5) is 27.4. The van der Waals surface area contributed by atoms with Gasteiger partial charge in [0, 0.05) is 17.7 Å². The van der Waals surface area contributed by atoms with Gasteiger partial charge < -0.3 is 23.8 Å². The normalized spacial score (nSPS) is 12.7. The zero-order valence-electron chi connectivity index (χ0n) is 18.4. The van der Waals surface area contributed by atoms with Crippen LogP contribution in [0.4, 0.5) is 0 Å². The fourth-order valence-corrected chi connectivity index (χ4v) is 4.20. The lowest BCUT2D eigenvalue weighted by Gasteiger charge is -2.32. The summed E-state index contributed by atoms with van der Waals surface area (Å²) in [6, 6.07) is 6.61. The van der Waals surface area contributed by atoms with Crippen LogP contribution in [0.25, 0.3) is 5.70 Å². The summed E-state index contributed by atoms with van der Waals surface area (Å²) in [5.41, 5.74) is 1.98. The van der Waals surface area contributed by atoms with Crippen molar-refractivity contribution in [2.75, 3.05) is 35.0 Å². The molecule has 2 aromatic rings. The molecular formula is C23H23Cl2NO6. The third-order valence-electron chi connectivity index (χ3n) is 5.30. The van der Waals surface area contributed by atoms with E-state index in [0.29, 0.717) is 34.8 Å². The number of amides is 1. The van der Waals surface area contributed by atoms with Gasteiger partial charge in [0.05, 0.1) is 39.7 Å². The van der Waals surface area contributed by atoms with Crippen molar-refractivity contribution < 1.29 is 28.5 Å². The number of benzene rings is 2. The van der Waals surface area contributed by atoms with Crippen molar-refractivity contribution in [3.8, 4) is 23.0 Å². The predicted molar refractivity (Wildman–Crippen MR) is 122 cm³/mol. The third kappa shape index (κ3) is 4.10. The molecule has 1 heterocycles. The molecule has 0 aromatic heterocycles. The molecule has 32 heavy (non-hydrogen) atoms. The average molecular weight is 480 g/mol. The van der Waals surface area contributed by atoms with Gasteiger partial charge in [-0.2, -0.15) is 0 Å². The van der Waals surface area contributed by atoms with E-state index in [1.807, 2.05) is 0 Å². The van der Waals surface area contributed by atoms with E-state index in [4.69, 9.17) is 42.1 Å². The van der Waals surface area contributed by atoms with Crippen LogP contribution in [0.5, 0.6) is 23.0 Å². The minimum absolute atomic E-state index is 0.166. The SMILES string of the molecule is COc1cc2c(cc1OC)C(=O)N(C(=C(Cl)Cl)c1c(C(C)=O)ccc(OC)c1OC)CC2. The molecule has 1 aliphatic heterocycles. The van der Waals surface area contributed by atoms with E-state index < -0.39 is 0 Å². The molecule has 1 amide bonds. The summed E-state index contributed by atoms with van der Waals surface area (Å²) in [6.07, 6.45) is 0.508. The second-order valence-corrected chi connectivity index (χ2v) is 7.91. The maximum atomic E-state index is 13.6. The highest BCUT2D eigenvalue weighted by Crippen LogP contribution is 2.44. The Morgan fingerprint density at radius 1 is 0.938 bits per heavy atom. The van der Waals surface area contributed by atoms with E-state index in [-0.39, 0.29) is 39.7 Å². The quantitative estimate of drug-likeness (QED) is 0.534. The van der Waals surface area contributed by atoms with Crippen LogP contribution < -0.4 is 18.9 Å². The zero-order chi connectivity index (χ0) is 23.6. The highest BCUT2D eigenvalue weighted by Gasteiger charge is 2.34. The molecule has 0 saturated heterocycles. The molecule has 0 spiro atoms. The molecule has 0 fully saturated rings. The molecule has 9 heteroatoms. The van der Waals surface area contributed by atoms with E-state index in [1.54, 1.807) is 24.3 Å². The summed E-state index contributed by atoms with van der Waals surface area (Å²) >= 11 is 12.6. The van der Waals surface area contributed by atoms with E-state index in [2.05, 4.69) is 0 Å². The smallest absolute Gasteiger partial charge is 0.258 e. The number of methoxy groups -OCH3 is 4. The lowest BCUT2D eigenvalue weighted by atomic mass is 9.94. The van der Waals surface area contributed by atoms with Gasteiger partial charge in [-0.1, -0.05) is 23.2 Å². The number of Topliss-reactive ketones (excluding diaryl/α,β-unsaturated/α-hetero) is 1. The predicted octanol–water partition coefficient (Wildman–Crippen LogP) is 4.73. The van der Waals surface area contributed by atoms with Crippen LogP contribution in [-0.2, 0) is 6.42 Å². The van der Waals surface area contributed by atoms with Crippen LogP contribution in [0, 0.1) is 0 Å². The van der Waals surface area contributed by atoms with Crippen molar-refractivity contribution in [3.05, 3.63) is 51.0 Å². The number of fused-ring (bicyclic) bond motifs is 1. The van der Waals surface area contributed by atoms with E-state index in [9.17, 15) is 9.59 Å². The Morgan fingerprint density at radius 2 is 1.56 bits per heavy atom. The molecule has 0 N–H and O–H groups in total. The molecule has 0 aliphatic carbocycles. The molecule has 2 aromatic carbocycles. The number of hydrogen-bond acceptors (Lipinski definition) is 6. The number of ether oxygens (including phenoxy) is 4. The van der Waals surface area contributed by atoms with Gasteiger partial charge in [-0.15, -0.1) is 0 Å². The minimum Gasteiger partial charge on any atom is -0.493 e. The lowest BCUT2D eigenvalue weighted by Crippen LogP contribution is -2.37. The van der Waals surface area contributed by atoms with Crippen molar-refractivity contribution in [1.82, 2.24) is 4.90 Å². The first-order chi connectivity index (χ1) is 15.3. The monoisotopic (exact) mass is 479 g/mol. The first kappa shape index (κ1) is 23.8. The second-order valence-electron chi connectivity index (χ2n) is 6.96. The van der Waals surface area contributed by atoms with E-state index in [0.717, 1.165) is 5.56 Å². The summed E-state index contributed by atoms with van der Waals surface area (Å²) in [6.45, 7) is 1.69. The number of carbonyl (C=O) groups is 2. The number of ketones is 1. The van der Waals surface area contributed by atoms with Crippen molar-refractivity contribution in [3.63, 3.8) is 0 Å². The Hall–Kier alpha value is -2.90. The van der Waals surface area contributed by atoms with Gasteiger partial charge in [0.2, 0.25) is 0 Å². The zero-order valence-corrected chi connectivity index (χ0v) is 19.9. The molecule has 7 nitrogen and oxygen atoms in total. The van der Waals surface area contributed by atoms with Gasteiger partial charge in [-0.25, -0.2) is 0 Å². The Balaban J connectivity index is 2.22. The van der Waals surface area contributed by atoms with Crippen molar-refractivity contribution in [2.24, 2.45) is 0 Å². The maximum absolute atomic E-state index is 13.6.